The van der Waals surface area contributed by atoms with Crippen molar-refractivity contribution in [3.05, 3.63) is 102 Å². The Hall–Kier alpha value is -3.40. The van der Waals surface area contributed by atoms with Crippen molar-refractivity contribution in [2.75, 3.05) is 11.4 Å². The molecule has 28 heavy (non-hydrogen) atoms. The molecule has 0 aliphatic carbocycles. The van der Waals surface area contributed by atoms with E-state index in [-0.39, 0.29) is 17.9 Å². The van der Waals surface area contributed by atoms with Crippen LogP contribution in [0.5, 0.6) is 0 Å². The molecule has 0 unspecified atom stereocenters. The zero-order valence-electron chi connectivity index (χ0n) is 15.5. The fraction of sp³-hybridized carbons (Fsp3) is 0.167. The summed E-state index contributed by atoms with van der Waals surface area (Å²) >= 11 is 0. The number of rotatable bonds is 5. The minimum atomic E-state index is -0.227. The first-order chi connectivity index (χ1) is 13.7. The molecule has 140 valence electrons. The van der Waals surface area contributed by atoms with Gasteiger partial charge >= 0.3 is 0 Å². The summed E-state index contributed by atoms with van der Waals surface area (Å²) in [7, 11) is 0. The van der Waals surface area contributed by atoms with Crippen LogP contribution in [0.25, 0.3) is 0 Å². The lowest BCUT2D eigenvalue weighted by molar-refractivity contribution is -0.117. The largest absolute Gasteiger partial charge is 0.341 e. The van der Waals surface area contributed by atoms with Gasteiger partial charge in [0.1, 0.15) is 0 Å². The van der Waals surface area contributed by atoms with E-state index in [2.05, 4.69) is 5.32 Å². The molecule has 4 heteroatoms. The zero-order valence-corrected chi connectivity index (χ0v) is 15.5. The number of hydrogen-bond donors (Lipinski definition) is 1. The van der Waals surface area contributed by atoms with Gasteiger partial charge in [-0.25, -0.2) is 0 Å². The Morgan fingerprint density at radius 1 is 0.821 bits per heavy atom. The van der Waals surface area contributed by atoms with Crippen molar-refractivity contribution >= 4 is 17.5 Å². The Bertz CT molecular complexity index is 913. The van der Waals surface area contributed by atoms with Gasteiger partial charge in [-0.1, -0.05) is 60.7 Å². The van der Waals surface area contributed by atoms with E-state index in [0.29, 0.717) is 12.0 Å². The number of benzene rings is 3. The first-order valence-electron chi connectivity index (χ1n) is 9.53. The van der Waals surface area contributed by atoms with E-state index in [1.165, 1.54) is 0 Å². The number of hydrogen-bond acceptors (Lipinski definition) is 2. The van der Waals surface area contributed by atoms with Crippen molar-refractivity contribution in [3.8, 4) is 0 Å². The highest BCUT2D eigenvalue weighted by Gasteiger charge is 2.22. The molecule has 3 aromatic rings. The van der Waals surface area contributed by atoms with Gasteiger partial charge in [0.25, 0.3) is 5.91 Å². The third kappa shape index (κ3) is 3.81. The average Bonchev–Trinajstić information content (AvgIpc) is 3.19. The predicted molar refractivity (Wildman–Crippen MR) is 110 cm³/mol. The summed E-state index contributed by atoms with van der Waals surface area (Å²) in [5.41, 5.74) is 3.48. The minimum Gasteiger partial charge on any atom is -0.341 e. The first-order valence-corrected chi connectivity index (χ1v) is 9.53. The van der Waals surface area contributed by atoms with E-state index in [0.717, 1.165) is 29.8 Å². The van der Waals surface area contributed by atoms with Gasteiger partial charge in [0.05, 0.1) is 6.04 Å². The van der Waals surface area contributed by atoms with Gasteiger partial charge in [-0.2, -0.15) is 0 Å². The molecule has 4 rings (SSSR count). The number of nitrogens with zero attached hydrogens (tertiary/aromatic N) is 1. The monoisotopic (exact) mass is 370 g/mol. The van der Waals surface area contributed by atoms with Crippen LogP contribution >= 0.6 is 0 Å². The second kappa shape index (κ2) is 8.09. The Morgan fingerprint density at radius 3 is 1.89 bits per heavy atom. The molecular formula is C24H22N2O2. The second-order valence-corrected chi connectivity index (χ2v) is 6.92. The molecule has 1 fully saturated rings. The van der Waals surface area contributed by atoms with Gasteiger partial charge in [-0.3, -0.25) is 9.59 Å². The number of amides is 2. The van der Waals surface area contributed by atoms with E-state index in [1.54, 1.807) is 17.0 Å². The summed E-state index contributed by atoms with van der Waals surface area (Å²) < 4.78 is 0. The molecule has 4 nitrogen and oxygen atoms in total. The summed E-state index contributed by atoms with van der Waals surface area (Å²) in [4.78, 5) is 26.6. The lowest BCUT2D eigenvalue weighted by atomic mass is 9.98. The summed E-state index contributed by atoms with van der Waals surface area (Å²) in [6, 6.07) is 26.9. The highest BCUT2D eigenvalue weighted by atomic mass is 16.2. The fourth-order valence-corrected chi connectivity index (χ4v) is 3.58. The maximum atomic E-state index is 12.9. The molecule has 0 radical (unpaired) electrons. The summed E-state index contributed by atoms with van der Waals surface area (Å²) in [5.74, 6) is 0.00225. The highest BCUT2D eigenvalue weighted by Crippen LogP contribution is 2.24. The maximum absolute atomic E-state index is 12.9. The van der Waals surface area contributed by atoms with E-state index < -0.39 is 0 Å². The van der Waals surface area contributed by atoms with E-state index in [9.17, 15) is 9.59 Å². The van der Waals surface area contributed by atoms with Crippen molar-refractivity contribution in [2.45, 2.75) is 18.9 Å². The molecule has 0 saturated carbocycles. The van der Waals surface area contributed by atoms with Crippen molar-refractivity contribution in [3.63, 3.8) is 0 Å². The summed E-state index contributed by atoms with van der Waals surface area (Å²) in [6.07, 6.45) is 1.48. The smallest absolute Gasteiger partial charge is 0.252 e. The molecule has 0 aromatic heterocycles. The second-order valence-electron chi connectivity index (χ2n) is 6.92. The molecule has 1 saturated heterocycles. The standard InChI is InChI=1S/C24H22N2O2/c27-22-12-7-17-26(22)21-15-13-20(14-16-21)24(28)25-23(18-8-3-1-4-9-18)19-10-5-2-6-11-19/h1-6,8-11,13-16,23H,7,12,17H2,(H,25,28). The molecule has 2 amide bonds. The van der Waals surface area contributed by atoms with E-state index in [4.69, 9.17) is 0 Å². The van der Waals surface area contributed by atoms with Crippen LogP contribution in [0.3, 0.4) is 0 Å². The van der Waals surface area contributed by atoms with Gasteiger partial charge in [-0.15, -0.1) is 0 Å². The van der Waals surface area contributed by atoms with Crippen molar-refractivity contribution in [2.24, 2.45) is 0 Å². The van der Waals surface area contributed by atoms with Crippen LogP contribution < -0.4 is 10.2 Å². The third-order valence-corrected chi connectivity index (χ3v) is 5.06. The average molecular weight is 370 g/mol. The van der Waals surface area contributed by atoms with E-state index in [1.807, 2.05) is 72.8 Å². The summed E-state index contributed by atoms with van der Waals surface area (Å²) in [6.45, 7) is 0.745. The first kappa shape index (κ1) is 18.0. The Kier molecular flexibility index (Phi) is 5.20. The van der Waals surface area contributed by atoms with Crippen molar-refractivity contribution < 1.29 is 9.59 Å². The topological polar surface area (TPSA) is 49.4 Å². The summed E-state index contributed by atoms with van der Waals surface area (Å²) in [5, 5.41) is 3.14. The van der Waals surface area contributed by atoms with Crippen molar-refractivity contribution in [1.29, 1.82) is 0 Å². The van der Waals surface area contributed by atoms with Gasteiger partial charge in [0.2, 0.25) is 5.91 Å². The van der Waals surface area contributed by atoms with Crippen LogP contribution in [0, 0.1) is 0 Å². The molecule has 1 heterocycles. The van der Waals surface area contributed by atoms with Crippen LogP contribution in [0.15, 0.2) is 84.9 Å². The number of carbonyl (C=O) groups is 2. The highest BCUT2D eigenvalue weighted by molar-refractivity contribution is 5.97. The van der Waals surface area contributed by atoms with Crippen LogP contribution in [0.2, 0.25) is 0 Å². The minimum absolute atomic E-state index is 0.142. The molecule has 0 spiro atoms. The third-order valence-electron chi connectivity index (χ3n) is 5.06. The Morgan fingerprint density at radius 2 is 1.39 bits per heavy atom. The molecule has 0 atom stereocenters. The quantitative estimate of drug-likeness (QED) is 0.727. The van der Waals surface area contributed by atoms with Crippen LogP contribution in [0.1, 0.15) is 40.4 Å². The fourth-order valence-electron chi connectivity index (χ4n) is 3.58. The van der Waals surface area contributed by atoms with Gasteiger partial charge < -0.3 is 10.2 Å². The molecule has 0 bridgehead atoms. The van der Waals surface area contributed by atoms with Gasteiger partial charge in [0, 0.05) is 24.2 Å². The zero-order chi connectivity index (χ0) is 19.3. The lowest BCUT2D eigenvalue weighted by Gasteiger charge is -2.20. The molecule has 1 aliphatic rings. The molecular weight excluding hydrogens is 348 g/mol. The number of anilines is 1. The maximum Gasteiger partial charge on any atom is 0.252 e. The lowest BCUT2D eigenvalue weighted by Crippen LogP contribution is -2.29. The van der Waals surface area contributed by atoms with Crippen molar-refractivity contribution in [1.82, 2.24) is 5.32 Å². The number of carbonyl (C=O) groups excluding carboxylic acids is 2. The molecule has 1 aliphatic heterocycles. The normalized spacial score (nSPS) is 13.8. The van der Waals surface area contributed by atoms with Crippen LogP contribution in [-0.2, 0) is 4.79 Å². The Balaban J connectivity index is 1.55. The van der Waals surface area contributed by atoms with Gasteiger partial charge in [0.15, 0.2) is 0 Å². The van der Waals surface area contributed by atoms with Gasteiger partial charge in [-0.05, 0) is 41.8 Å². The van der Waals surface area contributed by atoms with Crippen LogP contribution in [-0.4, -0.2) is 18.4 Å². The molecule has 3 aromatic carbocycles. The van der Waals surface area contributed by atoms with E-state index >= 15 is 0 Å². The van der Waals surface area contributed by atoms with Crippen LogP contribution in [0.4, 0.5) is 5.69 Å². The predicted octanol–water partition coefficient (Wildman–Crippen LogP) is 4.33. The number of nitrogens with one attached hydrogen (secondary N) is 1. The molecule has 1 N–H and O–H groups in total. The Labute approximate surface area is 164 Å². The SMILES string of the molecule is O=C(NC(c1ccccc1)c1ccccc1)c1ccc(N2CCCC2=O)cc1.